The lowest BCUT2D eigenvalue weighted by Crippen LogP contribution is -2.74. The Bertz CT molecular complexity index is 802. The van der Waals surface area contributed by atoms with Gasteiger partial charge in [0.05, 0.1) is 6.61 Å². The van der Waals surface area contributed by atoms with E-state index < -0.39 is 54.4 Å². The predicted molar refractivity (Wildman–Crippen MR) is 117 cm³/mol. The molecule has 0 N–H and O–H groups in total. The average Bonchev–Trinajstić information content (AvgIpc) is 2.82. The second-order valence-corrected chi connectivity index (χ2v) is 8.24. The molecule has 2 aliphatic rings. The molecule has 9 nitrogen and oxygen atoms in total. The molecular formula is C24H34O9. The van der Waals surface area contributed by atoms with Crippen molar-refractivity contribution in [2.45, 2.75) is 75.8 Å². The minimum Gasteiger partial charge on any atom is -0.455 e. The minimum atomic E-state index is -1.30. The van der Waals surface area contributed by atoms with Crippen molar-refractivity contribution in [3.63, 3.8) is 0 Å². The Morgan fingerprint density at radius 2 is 1.70 bits per heavy atom. The summed E-state index contributed by atoms with van der Waals surface area (Å²) in [5.41, 5.74) is 0.975. The maximum atomic E-state index is 11.7. The number of hydrogen-bond donors (Lipinski definition) is 0. The Morgan fingerprint density at radius 3 is 2.21 bits per heavy atom. The van der Waals surface area contributed by atoms with Gasteiger partial charge in [0, 0.05) is 28.3 Å². The molecule has 0 bridgehead atoms. The minimum absolute atomic E-state index is 0.298. The van der Waals surface area contributed by atoms with Crippen LogP contribution in [0.5, 0.6) is 0 Å². The maximum Gasteiger partial charge on any atom is 0.303 e. The number of methoxy groups -OCH3 is 3. The zero-order chi connectivity index (χ0) is 24.2. The van der Waals surface area contributed by atoms with Gasteiger partial charge in [-0.3, -0.25) is 4.79 Å². The fraction of sp³-hybridized carbons (Fsp3) is 0.625. The molecule has 2 aliphatic heterocycles. The molecule has 0 saturated carbocycles. The van der Waals surface area contributed by atoms with Crippen LogP contribution in [0, 0.1) is 0 Å². The van der Waals surface area contributed by atoms with Crippen molar-refractivity contribution < 1.29 is 42.7 Å². The summed E-state index contributed by atoms with van der Waals surface area (Å²) in [6.45, 7) is 8.84. The van der Waals surface area contributed by atoms with Crippen molar-refractivity contribution in [1.82, 2.24) is 0 Å². The first kappa shape index (κ1) is 25.8. The van der Waals surface area contributed by atoms with E-state index in [1.54, 1.807) is 13.8 Å². The second kappa shape index (κ2) is 10.6. The average molecular weight is 467 g/mol. The lowest BCUT2D eigenvalue weighted by Gasteiger charge is -2.57. The summed E-state index contributed by atoms with van der Waals surface area (Å²) in [5, 5.41) is 0. The number of hydrogen-bond acceptors (Lipinski definition) is 9. The third kappa shape index (κ3) is 5.14. The lowest BCUT2D eigenvalue weighted by molar-refractivity contribution is -0.482. The van der Waals surface area contributed by atoms with Crippen LogP contribution in [0.4, 0.5) is 0 Å². The molecule has 1 aromatic carbocycles. The second-order valence-electron chi connectivity index (χ2n) is 8.24. The van der Waals surface area contributed by atoms with Crippen LogP contribution < -0.4 is 0 Å². The number of carbonyl (C=O) groups excluding carboxylic acids is 1. The summed E-state index contributed by atoms with van der Waals surface area (Å²) in [4.78, 5) is 11.7. The number of fused-ring (bicyclic) bond motifs is 1. The van der Waals surface area contributed by atoms with Crippen molar-refractivity contribution in [3.8, 4) is 0 Å². The van der Waals surface area contributed by atoms with Crippen LogP contribution in [0.3, 0.4) is 0 Å². The Labute approximate surface area is 194 Å². The number of carbonyl (C=O) groups is 1. The summed E-state index contributed by atoms with van der Waals surface area (Å²) in [6.07, 6.45) is -3.12. The van der Waals surface area contributed by atoms with Crippen LogP contribution in [0.15, 0.2) is 43.0 Å². The van der Waals surface area contributed by atoms with E-state index in [-0.39, 0.29) is 0 Å². The normalized spacial score (nSPS) is 37.1. The molecule has 2 saturated heterocycles. The molecule has 1 aromatic rings. The summed E-state index contributed by atoms with van der Waals surface area (Å²) in [6, 6.07) is 9.72. The number of ether oxygens (including phenoxy) is 8. The third-order valence-electron chi connectivity index (χ3n) is 6.23. The lowest BCUT2D eigenvalue weighted by atomic mass is 9.91. The first-order chi connectivity index (χ1) is 15.7. The van der Waals surface area contributed by atoms with E-state index in [0.29, 0.717) is 6.61 Å². The maximum absolute atomic E-state index is 11.7. The summed E-state index contributed by atoms with van der Waals surface area (Å²) in [5.74, 6) is -3.05. The number of esters is 1. The molecule has 0 radical (unpaired) electrons. The number of rotatable bonds is 9. The Morgan fingerprint density at radius 1 is 1.09 bits per heavy atom. The largest absolute Gasteiger partial charge is 0.455 e. The van der Waals surface area contributed by atoms with Crippen molar-refractivity contribution in [3.05, 3.63) is 48.6 Å². The third-order valence-corrected chi connectivity index (χ3v) is 6.23. The zero-order valence-corrected chi connectivity index (χ0v) is 20.0. The Kier molecular flexibility index (Phi) is 8.28. The highest BCUT2D eigenvalue weighted by molar-refractivity contribution is 5.66. The monoisotopic (exact) mass is 466 g/mol. The van der Waals surface area contributed by atoms with Gasteiger partial charge in [0.15, 0.2) is 6.29 Å². The summed E-state index contributed by atoms with van der Waals surface area (Å²) >= 11 is 0. The van der Waals surface area contributed by atoms with Crippen LogP contribution in [-0.2, 0) is 49.3 Å². The molecule has 33 heavy (non-hydrogen) atoms. The molecule has 184 valence electrons. The quantitative estimate of drug-likeness (QED) is 0.402. The van der Waals surface area contributed by atoms with Gasteiger partial charge in [-0.15, -0.1) is 0 Å². The van der Waals surface area contributed by atoms with Crippen molar-refractivity contribution in [2.75, 3.05) is 21.3 Å². The van der Waals surface area contributed by atoms with Gasteiger partial charge in [0.25, 0.3) is 0 Å². The van der Waals surface area contributed by atoms with E-state index >= 15 is 0 Å². The van der Waals surface area contributed by atoms with Crippen molar-refractivity contribution in [1.29, 1.82) is 0 Å². The topological polar surface area (TPSA) is 90.9 Å². The molecule has 8 atom stereocenters. The Balaban J connectivity index is 1.97. The molecule has 0 aliphatic carbocycles. The SMILES string of the molecule is C=C[C@H](OC(C)=O)[C@H]1O[C@H](OC)[C@@H](OCc2ccccc2)[C@H]2O[C@](C)(OC)[C@@](C)(OC)O[C@@H]21. The standard InChI is InChI=1S/C24H34O9/c1-8-17(30-15(2)25)18-19-20(33-24(4,28-7)23(3,27-6)32-19)21(22(26-5)31-18)29-14-16-12-10-9-11-13-16/h8-13,17-22H,1,14H2,2-7H3/t17-,18+,19+,20-,21-,22-,23-,24-/m0/s1. The van der Waals surface area contributed by atoms with Gasteiger partial charge in [-0.1, -0.05) is 36.9 Å². The fourth-order valence-electron chi connectivity index (χ4n) is 4.14. The van der Waals surface area contributed by atoms with Crippen LogP contribution >= 0.6 is 0 Å². The summed E-state index contributed by atoms with van der Waals surface area (Å²) < 4.78 is 47.7. The molecule has 3 rings (SSSR count). The highest BCUT2D eigenvalue weighted by Gasteiger charge is 2.63. The van der Waals surface area contributed by atoms with Gasteiger partial charge in [-0.05, 0) is 25.5 Å². The van der Waals surface area contributed by atoms with Gasteiger partial charge in [0.1, 0.15) is 30.5 Å². The highest BCUT2D eigenvalue weighted by atomic mass is 16.8. The fourth-order valence-corrected chi connectivity index (χ4v) is 4.14. The van der Waals surface area contributed by atoms with Crippen LogP contribution in [-0.4, -0.2) is 75.7 Å². The highest BCUT2D eigenvalue weighted by Crippen LogP contribution is 2.45. The van der Waals surface area contributed by atoms with Crippen molar-refractivity contribution in [2.24, 2.45) is 0 Å². The van der Waals surface area contributed by atoms with Gasteiger partial charge >= 0.3 is 5.97 Å². The molecule has 0 spiro atoms. The van der Waals surface area contributed by atoms with Gasteiger partial charge in [0.2, 0.25) is 11.6 Å². The van der Waals surface area contributed by atoms with E-state index in [0.717, 1.165) is 5.56 Å². The molecule has 2 heterocycles. The first-order valence-corrected chi connectivity index (χ1v) is 10.8. The number of benzene rings is 1. The van der Waals surface area contributed by atoms with E-state index in [1.807, 2.05) is 30.3 Å². The predicted octanol–water partition coefficient (Wildman–Crippen LogP) is 2.57. The van der Waals surface area contributed by atoms with Crippen molar-refractivity contribution >= 4 is 5.97 Å². The van der Waals surface area contributed by atoms with Gasteiger partial charge in [-0.25, -0.2) is 0 Å². The molecule has 0 unspecified atom stereocenters. The van der Waals surface area contributed by atoms with E-state index in [2.05, 4.69) is 6.58 Å². The van der Waals surface area contributed by atoms with E-state index in [1.165, 1.54) is 34.3 Å². The molecule has 0 amide bonds. The zero-order valence-electron chi connectivity index (χ0n) is 20.0. The Hall–Kier alpha value is -1.85. The molecule has 0 aromatic heterocycles. The summed E-state index contributed by atoms with van der Waals surface area (Å²) in [7, 11) is 4.52. The molecule has 2 fully saturated rings. The molecule has 9 heteroatoms. The van der Waals surface area contributed by atoms with E-state index in [4.69, 9.17) is 37.9 Å². The van der Waals surface area contributed by atoms with Gasteiger partial charge < -0.3 is 37.9 Å². The van der Waals surface area contributed by atoms with Crippen LogP contribution in [0.1, 0.15) is 26.3 Å². The van der Waals surface area contributed by atoms with Crippen LogP contribution in [0.25, 0.3) is 0 Å². The van der Waals surface area contributed by atoms with E-state index in [9.17, 15) is 4.79 Å². The van der Waals surface area contributed by atoms with Crippen LogP contribution in [0.2, 0.25) is 0 Å². The first-order valence-electron chi connectivity index (χ1n) is 10.8. The van der Waals surface area contributed by atoms with Gasteiger partial charge in [-0.2, -0.15) is 0 Å². The smallest absolute Gasteiger partial charge is 0.303 e. The molecular weight excluding hydrogens is 432 g/mol.